The van der Waals surface area contributed by atoms with E-state index in [-0.39, 0.29) is 4.90 Å². The van der Waals surface area contributed by atoms with Gasteiger partial charge in [-0.2, -0.15) is 0 Å². The van der Waals surface area contributed by atoms with E-state index in [2.05, 4.69) is 15.5 Å². The van der Waals surface area contributed by atoms with Gasteiger partial charge in [0.05, 0.1) is 21.5 Å². The summed E-state index contributed by atoms with van der Waals surface area (Å²) in [5.41, 5.74) is 3.72. The van der Waals surface area contributed by atoms with Gasteiger partial charge in [0.1, 0.15) is 0 Å². The Hall–Kier alpha value is -2.14. The van der Waals surface area contributed by atoms with Gasteiger partial charge in [-0.25, -0.2) is 36.2 Å². The molecular weight excluding hydrogens is 386 g/mol. The van der Waals surface area contributed by atoms with Gasteiger partial charge in [0, 0.05) is 6.26 Å². The van der Waals surface area contributed by atoms with Crippen molar-refractivity contribution in [1.29, 1.82) is 0 Å². The minimum Gasteiger partial charge on any atom is -0.332 e. The lowest BCUT2D eigenvalue weighted by Crippen LogP contribution is -2.37. The zero-order valence-corrected chi connectivity index (χ0v) is 16.4. The Morgan fingerprint density at radius 3 is 1.96 bits per heavy atom. The molecule has 146 valence electrons. The highest BCUT2D eigenvalue weighted by atomic mass is 32.2. The molecule has 0 saturated heterocycles. The summed E-state index contributed by atoms with van der Waals surface area (Å²) in [6.07, 6.45) is -1.14. The third-order valence-corrected chi connectivity index (χ3v) is 7.34. The Bertz CT molecular complexity index is 898. The second kappa shape index (κ2) is 7.62. The van der Waals surface area contributed by atoms with Crippen molar-refractivity contribution < 1.29 is 36.2 Å². The molecule has 0 heterocycles. The lowest BCUT2D eigenvalue weighted by Gasteiger charge is -2.29. The molecule has 9 nitrogen and oxygen atoms in total. The quantitative estimate of drug-likeness (QED) is 0.566. The third-order valence-electron chi connectivity index (χ3n) is 3.46. The number of carbonyl (C=O) groups is 2. The minimum atomic E-state index is -4.26. The zero-order chi connectivity index (χ0) is 20.3. The second-order valence-electron chi connectivity index (χ2n) is 6.68. The summed E-state index contributed by atoms with van der Waals surface area (Å²) in [5, 5.41) is -1.35. The van der Waals surface area contributed by atoms with E-state index in [1.165, 1.54) is 18.2 Å². The Labute approximate surface area is 152 Å². The molecular formula is C15H21NO8S2. The molecule has 0 aromatic heterocycles. The van der Waals surface area contributed by atoms with Gasteiger partial charge in [-0.05, 0) is 17.5 Å². The molecule has 2 N–H and O–H groups in total. The second-order valence-corrected chi connectivity index (χ2v) is 10.8. The standard InChI is InChI=1S/C15H21NO8S2/c1-15(2,3)12(9-13(17)23-24-14(16)18)26(21,22)11-8-6-5-7-10(11)25(4,19)20/h5-8,12H,9H2,1-4H3,(H2,16,18). The molecule has 0 radical (unpaired) electrons. The van der Waals surface area contributed by atoms with Crippen LogP contribution in [0.2, 0.25) is 0 Å². The van der Waals surface area contributed by atoms with Gasteiger partial charge in [0.25, 0.3) is 0 Å². The number of hydrogen-bond donors (Lipinski definition) is 1. The van der Waals surface area contributed by atoms with E-state index in [0.29, 0.717) is 0 Å². The van der Waals surface area contributed by atoms with E-state index in [9.17, 15) is 26.4 Å². The van der Waals surface area contributed by atoms with Crippen LogP contribution in [-0.2, 0) is 34.2 Å². The fourth-order valence-corrected chi connectivity index (χ4v) is 6.07. The first-order chi connectivity index (χ1) is 11.7. The maximum absolute atomic E-state index is 13.1. The fourth-order valence-electron chi connectivity index (χ4n) is 2.30. The summed E-state index contributed by atoms with van der Waals surface area (Å²) in [5.74, 6) is -1.14. The normalized spacial score (nSPS) is 13.7. The van der Waals surface area contributed by atoms with Gasteiger partial charge in [-0.1, -0.05) is 32.9 Å². The molecule has 26 heavy (non-hydrogen) atoms. The average molecular weight is 407 g/mol. The number of benzene rings is 1. The summed E-state index contributed by atoms with van der Waals surface area (Å²) in [6, 6.07) is 5.12. The average Bonchev–Trinajstić information content (AvgIpc) is 2.48. The molecule has 0 fully saturated rings. The first-order valence-electron chi connectivity index (χ1n) is 7.37. The zero-order valence-electron chi connectivity index (χ0n) is 14.8. The first kappa shape index (κ1) is 21.9. The number of carbonyl (C=O) groups excluding carboxylic acids is 2. The van der Waals surface area contributed by atoms with Crippen LogP contribution in [0.3, 0.4) is 0 Å². The molecule has 0 aliphatic carbocycles. The van der Waals surface area contributed by atoms with Crippen LogP contribution in [0.15, 0.2) is 34.1 Å². The predicted molar refractivity (Wildman–Crippen MR) is 91.4 cm³/mol. The number of sulfone groups is 2. The van der Waals surface area contributed by atoms with Crippen molar-refractivity contribution in [3.05, 3.63) is 24.3 Å². The molecule has 1 atom stereocenters. The number of primary amides is 1. The van der Waals surface area contributed by atoms with Crippen LogP contribution in [0.4, 0.5) is 4.79 Å². The van der Waals surface area contributed by atoms with E-state index in [4.69, 9.17) is 0 Å². The van der Waals surface area contributed by atoms with Crippen molar-refractivity contribution in [3.8, 4) is 0 Å². The van der Waals surface area contributed by atoms with Gasteiger partial charge >= 0.3 is 12.1 Å². The summed E-state index contributed by atoms with van der Waals surface area (Å²) in [6.45, 7) is 4.71. The lowest BCUT2D eigenvalue weighted by atomic mass is 9.90. The number of nitrogens with two attached hydrogens (primary N) is 1. The van der Waals surface area contributed by atoms with E-state index in [1.807, 2.05) is 0 Å². The van der Waals surface area contributed by atoms with Crippen LogP contribution in [0, 0.1) is 5.41 Å². The molecule has 1 aromatic rings. The highest BCUT2D eigenvalue weighted by Gasteiger charge is 2.41. The molecule has 0 aliphatic rings. The van der Waals surface area contributed by atoms with Crippen molar-refractivity contribution >= 4 is 31.7 Å². The van der Waals surface area contributed by atoms with Crippen LogP contribution in [0.1, 0.15) is 27.2 Å². The lowest BCUT2D eigenvalue weighted by molar-refractivity contribution is -0.231. The monoisotopic (exact) mass is 407 g/mol. The highest BCUT2D eigenvalue weighted by molar-refractivity contribution is 7.94. The molecule has 1 unspecified atom stereocenters. The summed E-state index contributed by atoms with van der Waals surface area (Å²) >= 11 is 0. The van der Waals surface area contributed by atoms with Crippen LogP contribution in [0.25, 0.3) is 0 Å². The van der Waals surface area contributed by atoms with E-state index >= 15 is 0 Å². The topological polar surface area (TPSA) is 147 Å². The summed E-state index contributed by atoms with van der Waals surface area (Å²) < 4.78 is 50.1. The Balaban J connectivity index is 3.40. The third kappa shape index (κ3) is 5.43. The smallest absolute Gasteiger partial charge is 0.332 e. The predicted octanol–water partition coefficient (Wildman–Crippen LogP) is 1.22. The van der Waals surface area contributed by atoms with Crippen LogP contribution in [0.5, 0.6) is 0 Å². The van der Waals surface area contributed by atoms with Crippen LogP contribution >= 0.6 is 0 Å². The maximum Gasteiger partial charge on any atom is 0.447 e. The molecule has 0 saturated carbocycles. The fraction of sp³-hybridized carbons (Fsp3) is 0.467. The Morgan fingerprint density at radius 2 is 1.54 bits per heavy atom. The van der Waals surface area contributed by atoms with Gasteiger partial charge < -0.3 is 5.73 Å². The van der Waals surface area contributed by atoms with Crippen molar-refractivity contribution in [2.24, 2.45) is 11.1 Å². The van der Waals surface area contributed by atoms with E-state index in [1.54, 1.807) is 20.8 Å². The van der Waals surface area contributed by atoms with Crippen LogP contribution in [-0.4, -0.2) is 40.4 Å². The van der Waals surface area contributed by atoms with Gasteiger partial charge in [-0.15, -0.1) is 0 Å². The summed E-state index contributed by atoms with van der Waals surface area (Å²) in [4.78, 5) is 29.6. The van der Waals surface area contributed by atoms with Crippen molar-refractivity contribution in [1.82, 2.24) is 0 Å². The van der Waals surface area contributed by atoms with Crippen molar-refractivity contribution in [2.45, 2.75) is 42.2 Å². The SMILES string of the molecule is CC(C)(C)C(CC(=O)OOC(N)=O)S(=O)(=O)c1ccccc1S(C)(=O)=O. The molecule has 1 aromatic carbocycles. The molecule has 0 aliphatic heterocycles. The first-order valence-corrected chi connectivity index (χ1v) is 10.8. The largest absolute Gasteiger partial charge is 0.447 e. The van der Waals surface area contributed by atoms with Crippen molar-refractivity contribution in [2.75, 3.05) is 6.26 Å². The summed E-state index contributed by atoms with van der Waals surface area (Å²) in [7, 11) is -8.08. The highest BCUT2D eigenvalue weighted by Crippen LogP contribution is 2.35. The number of amides is 1. The molecule has 0 bridgehead atoms. The van der Waals surface area contributed by atoms with Gasteiger partial charge in [0.2, 0.25) is 0 Å². The van der Waals surface area contributed by atoms with E-state index in [0.717, 1.165) is 12.3 Å². The maximum atomic E-state index is 13.1. The Kier molecular flexibility index (Phi) is 6.42. The number of rotatable bonds is 5. The van der Waals surface area contributed by atoms with E-state index < -0.39 is 53.7 Å². The van der Waals surface area contributed by atoms with Crippen molar-refractivity contribution in [3.63, 3.8) is 0 Å². The molecule has 0 spiro atoms. The molecule has 1 amide bonds. The number of hydrogen-bond acceptors (Lipinski definition) is 8. The van der Waals surface area contributed by atoms with Crippen LogP contribution < -0.4 is 5.73 Å². The Morgan fingerprint density at radius 1 is 1.04 bits per heavy atom. The van der Waals surface area contributed by atoms with Gasteiger partial charge in [0.15, 0.2) is 19.7 Å². The minimum absolute atomic E-state index is 0.365. The molecule has 1 rings (SSSR count). The molecule has 11 heteroatoms. The van der Waals surface area contributed by atoms with Gasteiger partial charge in [-0.3, -0.25) is 0 Å².